The molecule has 0 saturated carbocycles. The molecule has 0 aromatic heterocycles. The molecule has 1 amide bonds. The first-order chi connectivity index (χ1) is 11.3. The lowest BCUT2D eigenvalue weighted by atomic mass is 10.1. The molecule has 0 spiro atoms. The Morgan fingerprint density at radius 3 is 2.67 bits per heavy atom. The second-order valence-corrected chi connectivity index (χ2v) is 7.41. The molecule has 7 heteroatoms. The van der Waals surface area contributed by atoms with Crippen LogP contribution in [0.15, 0.2) is 41.3 Å². The molecule has 3 rings (SSSR count). The van der Waals surface area contributed by atoms with Crippen LogP contribution in [0.2, 0.25) is 0 Å². The molecule has 126 valence electrons. The first-order valence-corrected chi connectivity index (χ1v) is 8.90. The Morgan fingerprint density at radius 2 is 1.92 bits per heavy atom. The van der Waals surface area contributed by atoms with Crippen LogP contribution in [0.25, 0.3) is 0 Å². The average molecular weight is 346 g/mol. The van der Waals surface area contributed by atoms with Crippen molar-refractivity contribution in [2.75, 3.05) is 23.3 Å². The van der Waals surface area contributed by atoms with Crippen molar-refractivity contribution in [1.29, 1.82) is 0 Å². The van der Waals surface area contributed by atoms with Crippen LogP contribution < -0.4 is 14.4 Å². The lowest BCUT2D eigenvalue weighted by molar-refractivity contribution is -0.120. The molecule has 1 aliphatic rings. The molecule has 2 aromatic carbocycles. The van der Waals surface area contributed by atoms with Gasteiger partial charge in [0.25, 0.3) is 15.9 Å². The third-order valence-electron chi connectivity index (χ3n) is 4.18. The Bertz CT molecular complexity index is 922. The highest BCUT2D eigenvalue weighted by Gasteiger charge is 2.25. The van der Waals surface area contributed by atoms with Gasteiger partial charge in [-0.3, -0.25) is 9.52 Å². The van der Waals surface area contributed by atoms with Crippen molar-refractivity contribution in [3.8, 4) is 5.75 Å². The maximum absolute atomic E-state index is 12.7. The zero-order chi connectivity index (χ0) is 17.5. The zero-order valence-corrected chi connectivity index (χ0v) is 14.5. The molecule has 1 heterocycles. The second kappa shape index (κ2) is 5.83. The summed E-state index contributed by atoms with van der Waals surface area (Å²) < 4.78 is 33.3. The number of fused-ring (bicyclic) bond motifs is 1. The molecule has 0 bridgehead atoms. The van der Waals surface area contributed by atoms with Gasteiger partial charge in [0.15, 0.2) is 6.61 Å². The number of sulfonamides is 1. The van der Waals surface area contributed by atoms with Crippen LogP contribution in [0.4, 0.5) is 11.4 Å². The van der Waals surface area contributed by atoms with Gasteiger partial charge < -0.3 is 9.64 Å². The summed E-state index contributed by atoms with van der Waals surface area (Å²) in [5.74, 6) is 0.266. The van der Waals surface area contributed by atoms with Gasteiger partial charge in [-0.05, 0) is 49.2 Å². The van der Waals surface area contributed by atoms with E-state index in [-0.39, 0.29) is 17.4 Å². The van der Waals surface area contributed by atoms with E-state index < -0.39 is 10.0 Å². The number of aryl methyl sites for hydroxylation is 1. The summed E-state index contributed by atoms with van der Waals surface area (Å²) in [6.07, 6.45) is 0. The highest BCUT2D eigenvalue weighted by atomic mass is 32.2. The largest absolute Gasteiger partial charge is 0.482 e. The van der Waals surface area contributed by atoms with Crippen LogP contribution in [-0.4, -0.2) is 28.0 Å². The number of likely N-dealkylation sites (N-methyl/N-ethyl adjacent to an activating group) is 1. The molecule has 6 nitrogen and oxygen atoms in total. The Labute approximate surface area is 141 Å². The van der Waals surface area contributed by atoms with Gasteiger partial charge in [0.2, 0.25) is 0 Å². The lowest BCUT2D eigenvalue weighted by Gasteiger charge is -2.26. The minimum Gasteiger partial charge on any atom is -0.482 e. The maximum atomic E-state index is 12.7. The number of benzene rings is 2. The van der Waals surface area contributed by atoms with Crippen LogP contribution in [0.5, 0.6) is 5.75 Å². The first kappa shape index (κ1) is 16.3. The smallest absolute Gasteiger partial charge is 0.264 e. The van der Waals surface area contributed by atoms with Crippen LogP contribution >= 0.6 is 0 Å². The highest BCUT2D eigenvalue weighted by molar-refractivity contribution is 7.92. The average Bonchev–Trinajstić information content (AvgIpc) is 2.55. The van der Waals surface area contributed by atoms with E-state index in [0.717, 1.165) is 11.1 Å². The summed E-state index contributed by atoms with van der Waals surface area (Å²) in [5, 5.41) is 0. The molecule has 0 unspecified atom stereocenters. The SMILES string of the molecule is Cc1cccc(NS(=O)(=O)c2ccc3c(c2)N(C)C(=O)CO3)c1C. The molecular weight excluding hydrogens is 328 g/mol. The summed E-state index contributed by atoms with van der Waals surface area (Å²) in [6.45, 7) is 3.74. The number of carbonyl (C=O) groups excluding carboxylic acids is 1. The summed E-state index contributed by atoms with van der Waals surface area (Å²) in [4.78, 5) is 13.2. The molecule has 0 radical (unpaired) electrons. The maximum Gasteiger partial charge on any atom is 0.264 e. The normalized spacial score (nSPS) is 14.1. The molecular formula is C17H18N2O4S. The Balaban J connectivity index is 1.99. The van der Waals surface area contributed by atoms with Crippen molar-refractivity contribution in [3.05, 3.63) is 47.5 Å². The monoisotopic (exact) mass is 346 g/mol. The minimum absolute atomic E-state index is 0.0453. The number of hydrogen-bond acceptors (Lipinski definition) is 4. The number of ether oxygens (including phenoxy) is 1. The predicted molar refractivity (Wildman–Crippen MR) is 92.1 cm³/mol. The fraction of sp³-hybridized carbons (Fsp3) is 0.235. The third-order valence-corrected chi connectivity index (χ3v) is 5.54. The van der Waals surface area contributed by atoms with Crippen molar-refractivity contribution in [1.82, 2.24) is 0 Å². The summed E-state index contributed by atoms with van der Waals surface area (Å²) in [5.41, 5.74) is 2.84. The Kier molecular flexibility index (Phi) is 3.96. The fourth-order valence-corrected chi connectivity index (χ4v) is 3.63. The van der Waals surface area contributed by atoms with Crippen LogP contribution in [0.1, 0.15) is 11.1 Å². The van der Waals surface area contributed by atoms with Gasteiger partial charge in [-0.2, -0.15) is 0 Å². The summed E-state index contributed by atoms with van der Waals surface area (Å²) in [6, 6.07) is 9.92. The summed E-state index contributed by atoms with van der Waals surface area (Å²) in [7, 11) is -2.18. The third kappa shape index (κ3) is 2.82. The minimum atomic E-state index is -3.77. The van der Waals surface area contributed by atoms with Crippen molar-refractivity contribution in [2.24, 2.45) is 0 Å². The van der Waals surface area contributed by atoms with E-state index in [1.54, 1.807) is 25.2 Å². The molecule has 0 saturated heterocycles. The number of nitrogens with zero attached hydrogens (tertiary/aromatic N) is 1. The first-order valence-electron chi connectivity index (χ1n) is 7.42. The molecule has 0 atom stereocenters. The van der Waals surface area contributed by atoms with Crippen molar-refractivity contribution in [3.63, 3.8) is 0 Å². The van der Waals surface area contributed by atoms with Gasteiger partial charge in [-0.15, -0.1) is 0 Å². The quantitative estimate of drug-likeness (QED) is 0.926. The van der Waals surface area contributed by atoms with E-state index in [2.05, 4.69) is 4.72 Å². The van der Waals surface area contributed by atoms with Crippen molar-refractivity contribution >= 4 is 27.3 Å². The number of amides is 1. The van der Waals surface area contributed by atoms with Crippen LogP contribution in [0.3, 0.4) is 0 Å². The predicted octanol–water partition coefficient (Wildman–Crippen LogP) is 2.46. The van der Waals surface area contributed by atoms with Crippen LogP contribution in [0, 0.1) is 13.8 Å². The number of rotatable bonds is 3. The van der Waals surface area contributed by atoms with Gasteiger partial charge in [0.05, 0.1) is 16.3 Å². The van der Waals surface area contributed by atoms with E-state index in [1.807, 2.05) is 19.9 Å². The molecule has 0 fully saturated rings. The number of nitrogens with one attached hydrogen (secondary N) is 1. The number of anilines is 2. The van der Waals surface area contributed by atoms with E-state index in [9.17, 15) is 13.2 Å². The summed E-state index contributed by atoms with van der Waals surface area (Å²) >= 11 is 0. The van der Waals surface area contributed by atoms with E-state index in [4.69, 9.17) is 4.74 Å². The van der Waals surface area contributed by atoms with Crippen LogP contribution in [-0.2, 0) is 14.8 Å². The second-order valence-electron chi connectivity index (χ2n) is 5.72. The Hall–Kier alpha value is -2.54. The van der Waals surface area contributed by atoms with Gasteiger partial charge >= 0.3 is 0 Å². The van der Waals surface area contributed by atoms with Gasteiger partial charge in [0.1, 0.15) is 5.75 Å². The molecule has 0 aliphatic carbocycles. The van der Waals surface area contributed by atoms with Crippen molar-refractivity contribution < 1.29 is 17.9 Å². The highest BCUT2D eigenvalue weighted by Crippen LogP contribution is 2.34. The fourth-order valence-electron chi connectivity index (χ4n) is 2.48. The van der Waals surface area contributed by atoms with Gasteiger partial charge in [-0.1, -0.05) is 12.1 Å². The zero-order valence-electron chi connectivity index (χ0n) is 13.7. The molecule has 24 heavy (non-hydrogen) atoms. The topological polar surface area (TPSA) is 75.7 Å². The van der Waals surface area contributed by atoms with E-state index in [1.165, 1.54) is 17.0 Å². The van der Waals surface area contributed by atoms with E-state index in [0.29, 0.717) is 17.1 Å². The molecule has 2 aromatic rings. The molecule has 1 aliphatic heterocycles. The standard InChI is InChI=1S/C17H18N2O4S/c1-11-5-4-6-14(12(11)2)18-24(21,22)13-7-8-16-15(9-13)19(3)17(20)10-23-16/h4-9,18H,10H2,1-3H3. The van der Waals surface area contributed by atoms with Crippen molar-refractivity contribution in [2.45, 2.75) is 18.7 Å². The van der Waals surface area contributed by atoms with Gasteiger partial charge in [-0.25, -0.2) is 8.42 Å². The van der Waals surface area contributed by atoms with E-state index >= 15 is 0 Å². The Morgan fingerprint density at radius 1 is 1.17 bits per heavy atom. The van der Waals surface area contributed by atoms with Gasteiger partial charge in [0, 0.05) is 7.05 Å². The number of hydrogen-bond donors (Lipinski definition) is 1. The number of carbonyl (C=O) groups is 1. The molecule has 1 N–H and O–H groups in total. The lowest BCUT2D eigenvalue weighted by Crippen LogP contribution is -2.35.